The van der Waals surface area contributed by atoms with Crippen LogP contribution in [-0.4, -0.2) is 0 Å². The first-order valence-corrected chi connectivity index (χ1v) is 5.30. The fourth-order valence-corrected chi connectivity index (χ4v) is 1.30. The topological polar surface area (TPSA) is 0 Å². The van der Waals surface area contributed by atoms with Crippen molar-refractivity contribution in [1.82, 2.24) is 0 Å². The third-order valence-electron chi connectivity index (χ3n) is 2.13. The average Bonchev–Trinajstić information content (AvgIpc) is 2.18. The zero-order chi connectivity index (χ0) is 10.4. The molecule has 0 aliphatic carbocycles. The van der Waals surface area contributed by atoms with Crippen LogP contribution in [0, 0.1) is 17.8 Å². The van der Waals surface area contributed by atoms with Gasteiger partial charge in [-0.2, -0.15) is 0 Å². The highest BCUT2D eigenvalue weighted by molar-refractivity contribution is 5.41. The lowest BCUT2D eigenvalue weighted by Gasteiger charge is -1.99. The molecule has 0 saturated carbocycles. The van der Waals surface area contributed by atoms with Crippen molar-refractivity contribution in [2.24, 2.45) is 5.92 Å². The summed E-state index contributed by atoms with van der Waals surface area (Å²) < 4.78 is 0. The number of hydrogen-bond donors (Lipinski definition) is 0. The predicted octanol–water partition coefficient (Wildman–Crippen LogP) is 3.65. The summed E-state index contributed by atoms with van der Waals surface area (Å²) in [4.78, 5) is 0. The summed E-state index contributed by atoms with van der Waals surface area (Å²) in [6, 6.07) is 8.39. The Morgan fingerprint density at radius 2 is 1.93 bits per heavy atom. The minimum absolute atomic E-state index is 0.663. The Hall–Kier alpha value is -1.22. The Bertz CT molecular complexity index is 337. The first kappa shape index (κ1) is 10.9. The van der Waals surface area contributed by atoms with Crippen molar-refractivity contribution in [2.75, 3.05) is 0 Å². The maximum atomic E-state index is 3.25. The molecule has 0 heterocycles. The molecule has 0 heteroatoms. The molecule has 0 saturated heterocycles. The van der Waals surface area contributed by atoms with E-state index in [1.165, 1.54) is 11.1 Å². The number of hydrogen-bond acceptors (Lipinski definition) is 0. The molecule has 0 unspecified atom stereocenters. The molecule has 0 atom stereocenters. The Morgan fingerprint density at radius 1 is 1.21 bits per heavy atom. The van der Waals surface area contributed by atoms with Gasteiger partial charge in [-0.25, -0.2) is 0 Å². The zero-order valence-electron chi connectivity index (χ0n) is 9.30. The van der Waals surface area contributed by atoms with Crippen LogP contribution in [0.5, 0.6) is 0 Å². The van der Waals surface area contributed by atoms with Gasteiger partial charge in [0.05, 0.1) is 0 Å². The normalized spacial score (nSPS) is 9.71. The Morgan fingerprint density at radius 3 is 2.57 bits per heavy atom. The van der Waals surface area contributed by atoms with Gasteiger partial charge in [0.2, 0.25) is 0 Å². The highest BCUT2D eigenvalue weighted by atomic mass is 14.0. The minimum atomic E-state index is 0.663. The van der Waals surface area contributed by atoms with E-state index in [0.717, 1.165) is 12.8 Å². The molecule has 0 bridgehead atoms. The second-order valence-electron chi connectivity index (χ2n) is 3.91. The van der Waals surface area contributed by atoms with Crippen LogP contribution < -0.4 is 0 Å². The monoisotopic (exact) mass is 186 g/mol. The van der Waals surface area contributed by atoms with E-state index in [4.69, 9.17) is 0 Å². The van der Waals surface area contributed by atoms with Gasteiger partial charge in [-0.1, -0.05) is 50.8 Å². The van der Waals surface area contributed by atoms with Gasteiger partial charge in [0, 0.05) is 12.0 Å². The lowest BCUT2D eigenvalue weighted by atomic mass is 10.1. The van der Waals surface area contributed by atoms with Crippen molar-refractivity contribution in [3.05, 3.63) is 35.4 Å². The molecule has 0 radical (unpaired) electrons. The summed E-state index contributed by atoms with van der Waals surface area (Å²) in [7, 11) is 0. The van der Waals surface area contributed by atoms with Crippen LogP contribution >= 0.6 is 0 Å². The van der Waals surface area contributed by atoms with Crippen LogP contribution in [0.25, 0.3) is 0 Å². The smallest absolute Gasteiger partial charge is 0.0277 e. The van der Waals surface area contributed by atoms with E-state index < -0.39 is 0 Å². The van der Waals surface area contributed by atoms with Crippen LogP contribution in [0.1, 0.15) is 38.3 Å². The summed E-state index contributed by atoms with van der Waals surface area (Å²) in [5.41, 5.74) is 2.54. The van der Waals surface area contributed by atoms with E-state index >= 15 is 0 Å². The van der Waals surface area contributed by atoms with Crippen LogP contribution in [0.4, 0.5) is 0 Å². The van der Waals surface area contributed by atoms with Gasteiger partial charge in [0.15, 0.2) is 0 Å². The SMILES string of the molecule is CCc1ccccc1C#CCC(C)C. The second-order valence-corrected chi connectivity index (χ2v) is 3.91. The Kier molecular flexibility index (Phi) is 4.26. The fourth-order valence-electron chi connectivity index (χ4n) is 1.30. The zero-order valence-corrected chi connectivity index (χ0v) is 9.30. The van der Waals surface area contributed by atoms with E-state index in [1.807, 2.05) is 0 Å². The lowest BCUT2D eigenvalue weighted by Crippen LogP contribution is -1.87. The van der Waals surface area contributed by atoms with Gasteiger partial charge >= 0.3 is 0 Å². The summed E-state index contributed by atoms with van der Waals surface area (Å²) in [6.07, 6.45) is 2.05. The molecular weight excluding hydrogens is 168 g/mol. The van der Waals surface area contributed by atoms with E-state index in [0.29, 0.717) is 5.92 Å². The predicted molar refractivity (Wildman–Crippen MR) is 62.2 cm³/mol. The summed E-state index contributed by atoms with van der Waals surface area (Å²) in [5.74, 6) is 7.13. The van der Waals surface area contributed by atoms with Crippen molar-refractivity contribution < 1.29 is 0 Å². The molecule has 0 aromatic heterocycles. The van der Waals surface area contributed by atoms with Crippen molar-refractivity contribution in [3.8, 4) is 11.8 Å². The first-order chi connectivity index (χ1) is 6.74. The second kappa shape index (κ2) is 5.50. The molecule has 0 spiro atoms. The molecule has 1 aromatic rings. The van der Waals surface area contributed by atoms with E-state index in [9.17, 15) is 0 Å². The standard InChI is InChI=1S/C14H18/c1-4-13-9-5-6-10-14(13)11-7-8-12(2)3/h5-6,9-10,12H,4,8H2,1-3H3. The molecular formula is C14H18. The van der Waals surface area contributed by atoms with Crippen LogP contribution in [0.15, 0.2) is 24.3 Å². The molecule has 0 nitrogen and oxygen atoms in total. The average molecular weight is 186 g/mol. The molecule has 0 N–H and O–H groups in total. The van der Waals surface area contributed by atoms with Gasteiger partial charge in [-0.15, -0.1) is 0 Å². The van der Waals surface area contributed by atoms with Gasteiger partial charge in [-0.3, -0.25) is 0 Å². The minimum Gasteiger partial charge on any atom is -0.0976 e. The molecule has 0 aliphatic rings. The van der Waals surface area contributed by atoms with E-state index in [1.54, 1.807) is 0 Å². The van der Waals surface area contributed by atoms with Gasteiger partial charge < -0.3 is 0 Å². The van der Waals surface area contributed by atoms with E-state index in [-0.39, 0.29) is 0 Å². The van der Waals surface area contributed by atoms with Crippen molar-refractivity contribution in [2.45, 2.75) is 33.6 Å². The summed E-state index contributed by atoms with van der Waals surface area (Å²) in [6.45, 7) is 6.56. The highest BCUT2D eigenvalue weighted by Gasteiger charge is 1.94. The maximum absolute atomic E-state index is 3.25. The molecule has 1 aromatic carbocycles. The largest absolute Gasteiger partial charge is 0.0976 e. The third-order valence-corrected chi connectivity index (χ3v) is 2.13. The molecule has 0 fully saturated rings. The van der Waals surface area contributed by atoms with Crippen molar-refractivity contribution >= 4 is 0 Å². The van der Waals surface area contributed by atoms with Crippen LogP contribution in [0.3, 0.4) is 0 Å². The summed E-state index contributed by atoms with van der Waals surface area (Å²) >= 11 is 0. The highest BCUT2D eigenvalue weighted by Crippen LogP contribution is 2.08. The first-order valence-electron chi connectivity index (χ1n) is 5.30. The third kappa shape index (κ3) is 3.26. The maximum Gasteiger partial charge on any atom is 0.0277 e. The van der Waals surface area contributed by atoms with E-state index in [2.05, 4.69) is 56.9 Å². The van der Waals surface area contributed by atoms with Gasteiger partial charge in [-0.05, 0) is 24.0 Å². The van der Waals surface area contributed by atoms with Crippen molar-refractivity contribution in [3.63, 3.8) is 0 Å². The van der Waals surface area contributed by atoms with Gasteiger partial charge in [0.1, 0.15) is 0 Å². The fraction of sp³-hybridized carbons (Fsp3) is 0.429. The number of benzene rings is 1. The van der Waals surface area contributed by atoms with Gasteiger partial charge in [0.25, 0.3) is 0 Å². The van der Waals surface area contributed by atoms with Crippen molar-refractivity contribution in [1.29, 1.82) is 0 Å². The lowest BCUT2D eigenvalue weighted by molar-refractivity contribution is 0.676. The van der Waals surface area contributed by atoms with Crippen LogP contribution in [-0.2, 0) is 6.42 Å². The number of rotatable bonds is 2. The molecule has 14 heavy (non-hydrogen) atoms. The quantitative estimate of drug-likeness (QED) is 0.618. The Balaban J connectivity index is 2.78. The summed E-state index contributed by atoms with van der Waals surface area (Å²) in [5, 5.41) is 0. The molecule has 0 aliphatic heterocycles. The molecule has 1 rings (SSSR count). The number of aryl methyl sites for hydroxylation is 1. The van der Waals surface area contributed by atoms with Crippen LogP contribution in [0.2, 0.25) is 0 Å². The Labute approximate surface area is 87.4 Å². The molecule has 0 amide bonds. The molecule has 74 valence electrons.